The van der Waals surface area contributed by atoms with Crippen LogP contribution in [0.25, 0.3) is 0 Å². The summed E-state index contributed by atoms with van der Waals surface area (Å²) in [5.41, 5.74) is 1.58. The molecule has 2 aromatic heterocycles. The highest BCUT2D eigenvalue weighted by Crippen LogP contribution is 2.17. The third kappa shape index (κ3) is 3.64. The molecule has 0 radical (unpaired) electrons. The summed E-state index contributed by atoms with van der Waals surface area (Å²) in [6.45, 7) is 4.69. The van der Waals surface area contributed by atoms with Crippen LogP contribution >= 0.6 is 0 Å². The Kier molecular flexibility index (Phi) is 4.46. The summed E-state index contributed by atoms with van der Waals surface area (Å²) in [4.78, 5) is 11.8. The van der Waals surface area contributed by atoms with Crippen LogP contribution in [0.5, 0.6) is 0 Å². The Hall–Kier alpha value is -2.22. The van der Waals surface area contributed by atoms with Crippen molar-refractivity contribution in [3.05, 3.63) is 23.7 Å². The van der Waals surface area contributed by atoms with Crippen molar-refractivity contribution in [2.45, 2.75) is 32.9 Å². The molecule has 0 aliphatic rings. The first kappa shape index (κ1) is 14.2. The first-order chi connectivity index (χ1) is 9.58. The van der Waals surface area contributed by atoms with Crippen LogP contribution in [0.2, 0.25) is 0 Å². The van der Waals surface area contributed by atoms with Crippen LogP contribution < -0.4 is 10.6 Å². The minimum absolute atomic E-state index is 0.0778. The summed E-state index contributed by atoms with van der Waals surface area (Å²) >= 11 is 0. The molecule has 2 N–H and O–H groups in total. The zero-order chi connectivity index (χ0) is 14.5. The number of nitrogens with one attached hydrogen (secondary N) is 2. The molecule has 0 saturated carbocycles. The third-order valence-electron chi connectivity index (χ3n) is 2.63. The van der Waals surface area contributed by atoms with E-state index in [1.54, 1.807) is 12.3 Å². The lowest BCUT2D eigenvalue weighted by atomic mass is 10.1. The van der Waals surface area contributed by atoms with Crippen molar-refractivity contribution in [3.8, 4) is 0 Å². The van der Waals surface area contributed by atoms with Gasteiger partial charge in [0, 0.05) is 12.6 Å². The summed E-state index contributed by atoms with van der Waals surface area (Å²) in [7, 11) is 1.82. The molecule has 0 bridgehead atoms. The zero-order valence-corrected chi connectivity index (χ0v) is 11.8. The van der Waals surface area contributed by atoms with Gasteiger partial charge in [0.05, 0.1) is 17.6 Å². The molecule has 0 fully saturated rings. The average molecular weight is 278 g/mol. The van der Waals surface area contributed by atoms with Crippen LogP contribution in [0, 0.1) is 0 Å². The molecule has 8 nitrogen and oxygen atoms in total. The summed E-state index contributed by atoms with van der Waals surface area (Å²) in [5, 5.41) is 17.3. The molecular weight excluding hydrogens is 260 g/mol. The number of amides is 1. The second kappa shape index (κ2) is 6.29. The maximum Gasteiger partial charge on any atom is 0.248 e. The molecule has 1 amide bonds. The fourth-order valence-corrected chi connectivity index (χ4v) is 1.62. The van der Waals surface area contributed by atoms with Crippen molar-refractivity contribution >= 4 is 11.8 Å². The van der Waals surface area contributed by atoms with E-state index in [9.17, 15) is 4.79 Å². The second-order valence-corrected chi connectivity index (χ2v) is 4.76. The van der Waals surface area contributed by atoms with Gasteiger partial charge in [0.25, 0.3) is 0 Å². The Morgan fingerprint density at radius 2 is 2.30 bits per heavy atom. The number of hydrogen-bond acceptors (Lipinski definition) is 6. The van der Waals surface area contributed by atoms with Gasteiger partial charge in [-0.05, 0) is 13.0 Å². The molecule has 20 heavy (non-hydrogen) atoms. The molecule has 2 aromatic rings. The number of nitrogens with zero attached hydrogens (tertiary/aromatic N) is 4. The van der Waals surface area contributed by atoms with Crippen LogP contribution in [0.15, 0.2) is 16.8 Å². The first-order valence-electron chi connectivity index (χ1n) is 6.38. The quantitative estimate of drug-likeness (QED) is 0.809. The van der Waals surface area contributed by atoms with E-state index >= 15 is 0 Å². The average Bonchev–Trinajstić information content (AvgIpc) is 2.99. The lowest BCUT2D eigenvalue weighted by Crippen LogP contribution is -2.18. The Morgan fingerprint density at radius 3 is 2.95 bits per heavy atom. The van der Waals surface area contributed by atoms with Crippen LogP contribution in [0.1, 0.15) is 31.2 Å². The van der Waals surface area contributed by atoms with E-state index < -0.39 is 0 Å². The fraction of sp³-hybridized carbons (Fsp3) is 0.500. The van der Waals surface area contributed by atoms with Gasteiger partial charge >= 0.3 is 0 Å². The molecular formula is C12H18N6O2. The maximum atomic E-state index is 11.8. The van der Waals surface area contributed by atoms with Crippen LogP contribution in [-0.4, -0.2) is 33.1 Å². The van der Waals surface area contributed by atoms with Gasteiger partial charge < -0.3 is 9.84 Å². The van der Waals surface area contributed by atoms with Crippen molar-refractivity contribution in [1.29, 1.82) is 0 Å². The number of hydrogen-bond donors (Lipinski definition) is 2. The normalized spacial score (nSPS) is 11.0. The van der Waals surface area contributed by atoms with Gasteiger partial charge in [-0.15, -0.1) is 5.10 Å². The van der Waals surface area contributed by atoms with Crippen LogP contribution in [-0.2, 0) is 17.9 Å². The molecule has 8 heteroatoms. The highest BCUT2D eigenvalue weighted by Gasteiger charge is 2.11. The van der Waals surface area contributed by atoms with Crippen LogP contribution in [0.4, 0.5) is 5.88 Å². The van der Waals surface area contributed by atoms with E-state index in [1.807, 2.05) is 20.9 Å². The molecule has 0 atom stereocenters. The number of carbonyl (C=O) groups is 1. The summed E-state index contributed by atoms with van der Waals surface area (Å²) in [6, 6.07) is 1.72. The number of aromatic nitrogens is 4. The van der Waals surface area contributed by atoms with E-state index in [-0.39, 0.29) is 18.4 Å². The number of anilines is 1. The second-order valence-electron chi connectivity index (χ2n) is 4.76. The minimum Gasteiger partial charge on any atom is -0.338 e. The Bertz CT molecular complexity index is 574. The summed E-state index contributed by atoms with van der Waals surface area (Å²) < 4.78 is 6.51. The molecule has 108 valence electrons. The van der Waals surface area contributed by atoms with Gasteiger partial charge in [-0.1, -0.05) is 24.2 Å². The first-order valence-corrected chi connectivity index (χ1v) is 6.38. The molecule has 2 rings (SSSR count). The summed E-state index contributed by atoms with van der Waals surface area (Å²) in [6.07, 6.45) is 1.72. The van der Waals surface area contributed by atoms with Crippen molar-refractivity contribution in [2.24, 2.45) is 0 Å². The predicted octanol–water partition coefficient (Wildman–Crippen LogP) is 0.748. The molecule has 0 aliphatic carbocycles. The van der Waals surface area contributed by atoms with Crippen molar-refractivity contribution in [3.63, 3.8) is 0 Å². The zero-order valence-electron chi connectivity index (χ0n) is 11.8. The monoisotopic (exact) mass is 278 g/mol. The van der Waals surface area contributed by atoms with Crippen molar-refractivity contribution in [1.82, 2.24) is 25.5 Å². The van der Waals surface area contributed by atoms with Gasteiger partial charge in [0.1, 0.15) is 6.54 Å². The summed E-state index contributed by atoms with van der Waals surface area (Å²) in [5.74, 6) is 0.357. The number of carbonyl (C=O) groups excluding carboxylic acids is 1. The van der Waals surface area contributed by atoms with E-state index in [0.717, 1.165) is 11.4 Å². The van der Waals surface area contributed by atoms with Gasteiger partial charge in [-0.25, -0.2) is 4.68 Å². The van der Waals surface area contributed by atoms with Gasteiger partial charge in [-0.2, -0.15) is 0 Å². The fourth-order valence-electron chi connectivity index (χ4n) is 1.62. The van der Waals surface area contributed by atoms with Crippen LogP contribution in [0.3, 0.4) is 0 Å². The van der Waals surface area contributed by atoms with E-state index in [1.165, 1.54) is 4.68 Å². The maximum absolute atomic E-state index is 11.8. The largest absolute Gasteiger partial charge is 0.338 e. The Morgan fingerprint density at radius 1 is 1.50 bits per heavy atom. The smallest absolute Gasteiger partial charge is 0.248 e. The van der Waals surface area contributed by atoms with Crippen molar-refractivity contribution < 1.29 is 9.32 Å². The Balaban J connectivity index is 1.90. The molecule has 2 heterocycles. The van der Waals surface area contributed by atoms with Gasteiger partial charge in [0.2, 0.25) is 11.8 Å². The minimum atomic E-state index is -0.239. The molecule has 0 unspecified atom stereocenters. The van der Waals surface area contributed by atoms with E-state index in [4.69, 9.17) is 4.52 Å². The highest BCUT2D eigenvalue weighted by molar-refractivity contribution is 5.89. The van der Waals surface area contributed by atoms with Crippen molar-refractivity contribution in [2.75, 3.05) is 12.4 Å². The molecule has 0 saturated heterocycles. The highest BCUT2D eigenvalue weighted by atomic mass is 16.5. The molecule has 0 aliphatic heterocycles. The third-order valence-corrected chi connectivity index (χ3v) is 2.63. The predicted molar refractivity (Wildman–Crippen MR) is 72.0 cm³/mol. The topological polar surface area (TPSA) is 97.9 Å². The van der Waals surface area contributed by atoms with Gasteiger partial charge in [0.15, 0.2) is 0 Å². The lowest BCUT2D eigenvalue weighted by molar-refractivity contribution is -0.117. The van der Waals surface area contributed by atoms with E-state index in [0.29, 0.717) is 12.4 Å². The van der Waals surface area contributed by atoms with E-state index in [2.05, 4.69) is 26.1 Å². The lowest BCUT2D eigenvalue weighted by Gasteiger charge is -2.00. The van der Waals surface area contributed by atoms with Gasteiger partial charge in [-0.3, -0.25) is 10.1 Å². The molecule has 0 spiro atoms. The molecule has 0 aromatic carbocycles. The SMILES string of the molecule is CNCc1cn(CC(=O)Nc2cc(C(C)C)no2)nn1. The Labute approximate surface area is 116 Å². The standard InChI is InChI=1S/C12H18N6O2/c1-8(2)10-4-12(20-16-10)14-11(19)7-18-6-9(5-13-3)15-17-18/h4,6,8,13H,5,7H2,1-3H3,(H,14,19). The number of rotatable bonds is 6.